The summed E-state index contributed by atoms with van der Waals surface area (Å²) in [6.07, 6.45) is 5.37. The lowest BCUT2D eigenvalue weighted by molar-refractivity contribution is 0.0977. The number of fused-ring (bicyclic) bond motifs is 1. The Balaban J connectivity index is 1.41. The molecule has 0 bridgehead atoms. The third-order valence-corrected chi connectivity index (χ3v) is 5.60. The summed E-state index contributed by atoms with van der Waals surface area (Å²) in [4.78, 5) is 17.9. The quantitative estimate of drug-likeness (QED) is 0.455. The first-order valence-corrected chi connectivity index (χ1v) is 10.8. The number of aromatic nitrogens is 1. The number of rotatable bonds is 3. The maximum atomic E-state index is 12.2. The number of nitrogens with one attached hydrogen (secondary N) is 4. The molecule has 1 aliphatic heterocycles. The van der Waals surface area contributed by atoms with Crippen molar-refractivity contribution in [1.82, 2.24) is 20.5 Å². The third kappa shape index (κ3) is 5.16. The summed E-state index contributed by atoms with van der Waals surface area (Å²) in [5, 5.41) is 10.2. The van der Waals surface area contributed by atoms with Gasteiger partial charge in [-0.25, -0.2) is 0 Å². The third-order valence-electron chi connectivity index (χ3n) is 5.19. The minimum Gasteiger partial charge on any atom is -0.361 e. The second kappa shape index (κ2) is 9.38. The standard InChI is InChI=1S/C23H23N5OS2/c1-28-11-9-15(10-12-28)19-14-24-20-8-7-17(13-18(19)20)25-22(30)27-23(31)26-21(29)16-5-3-2-4-6-16/h2-9,13-14,24H,10-12H2,1H3,(H3,25,26,27,29,30,31). The molecule has 0 aliphatic carbocycles. The van der Waals surface area contributed by atoms with E-state index < -0.39 is 0 Å². The van der Waals surface area contributed by atoms with Gasteiger partial charge in [0.05, 0.1) is 0 Å². The van der Waals surface area contributed by atoms with Gasteiger partial charge >= 0.3 is 0 Å². The molecule has 0 fully saturated rings. The molecular formula is C23H23N5OS2. The molecule has 8 heteroatoms. The molecule has 2 aromatic carbocycles. The SMILES string of the molecule is CN1CC=C(c2c[nH]c3ccc(NC(=S)NC(=S)NC(=O)c4ccccc4)cc23)CC1. The van der Waals surface area contributed by atoms with Gasteiger partial charge in [-0.3, -0.25) is 10.1 Å². The lowest BCUT2D eigenvalue weighted by Gasteiger charge is -2.21. The normalized spacial score (nSPS) is 14.0. The van der Waals surface area contributed by atoms with E-state index in [0.29, 0.717) is 10.7 Å². The Morgan fingerprint density at radius 3 is 2.61 bits per heavy atom. The van der Waals surface area contributed by atoms with Crippen LogP contribution in [-0.4, -0.2) is 46.2 Å². The second-order valence-corrected chi connectivity index (χ2v) is 8.25. The van der Waals surface area contributed by atoms with Crippen LogP contribution in [0.4, 0.5) is 5.69 Å². The van der Waals surface area contributed by atoms with Gasteiger partial charge in [-0.05, 0) is 73.8 Å². The number of hydrogen-bond donors (Lipinski definition) is 4. The molecule has 0 unspecified atom stereocenters. The van der Waals surface area contributed by atoms with Crippen LogP contribution in [0.1, 0.15) is 22.3 Å². The zero-order valence-corrected chi connectivity index (χ0v) is 18.7. The minimum absolute atomic E-state index is 0.145. The fourth-order valence-electron chi connectivity index (χ4n) is 3.54. The van der Waals surface area contributed by atoms with E-state index >= 15 is 0 Å². The Bertz CT molecular complexity index is 1170. The van der Waals surface area contributed by atoms with Crippen LogP contribution in [0.15, 0.2) is 60.8 Å². The molecule has 6 nitrogen and oxygen atoms in total. The Hall–Kier alpha value is -3.07. The lowest BCUT2D eigenvalue weighted by Crippen LogP contribution is -2.43. The summed E-state index contributed by atoms with van der Waals surface area (Å²) in [5.74, 6) is -0.286. The molecule has 1 aliphatic rings. The van der Waals surface area contributed by atoms with Crippen molar-refractivity contribution in [2.45, 2.75) is 6.42 Å². The van der Waals surface area contributed by atoms with Crippen molar-refractivity contribution in [3.8, 4) is 0 Å². The Kier molecular flexibility index (Phi) is 6.41. The maximum Gasteiger partial charge on any atom is 0.257 e. The summed E-state index contributed by atoms with van der Waals surface area (Å²) in [7, 11) is 2.13. The van der Waals surface area contributed by atoms with E-state index in [-0.39, 0.29) is 11.0 Å². The van der Waals surface area contributed by atoms with Gasteiger partial charge in [-0.1, -0.05) is 24.3 Å². The number of amides is 1. The van der Waals surface area contributed by atoms with E-state index in [1.807, 2.05) is 18.2 Å². The number of thiocarbonyl (C=S) groups is 2. The highest BCUT2D eigenvalue weighted by Crippen LogP contribution is 2.30. The van der Waals surface area contributed by atoms with E-state index in [9.17, 15) is 4.79 Å². The van der Waals surface area contributed by atoms with Gasteiger partial charge in [0.2, 0.25) is 0 Å². The van der Waals surface area contributed by atoms with Gasteiger partial charge in [-0.15, -0.1) is 0 Å². The van der Waals surface area contributed by atoms with Gasteiger partial charge in [0.25, 0.3) is 5.91 Å². The fourth-order valence-corrected chi connectivity index (χ4v) is 4.02. The molecule has 0 saturated heterocycles. The predicted molar refractivity (Wildman–Crippen MR) is 134 cm³/mol. The highest BCUT2D eigenvalue weighted by atomic mass is 32.1. The average molecular weight is 450 g/mol. The Morgan fingerprint density at radius 1 is 1.06 bits per heavy atom. The molecule has 0 saturated carbocycles. The van der Waals surface area contributed by atoms with Crippen molar-refractivity contribution in [3.63, 3.8) is 0 Å². The van der Waals surface area contributed by atoms with E-state index in [4.69, 9.17) is 24.4 Å². The molecule has 158 valence electrons. The molecule has 0 atom stereocenters. The zero-order chi connectivity index (χ0) is 21.8. The summed E-state index contributed by atoms with van der Waals surface area (Å²) < 4.78 is 0. The van der Waals surface area contributed by atoms with E-state index in [0.717, 1.165) is 36.1 Å². The van der Waals surface area contributed by atoms with Crippen LogP contribution < -0.4 is 16.0 Å². The predicted octanol–water partition coefficient (Wildman–Crippen LogP) is 3.89. The number of hydrogen-bond acceptors (Lipinski definition) is 4. The Morgan fingerprint density at radius 2 is 1.87 bits per heavy atom. The smallest absolute Gasteiger partial charge is 0.257 e. The van der Waals surface area contributed by atoms with Crippen LogP contribution in [-0.2, 0) is 0 Å². The molecule has 2 heterocycles. The fraction of sp³-hybridized carbons (Fsp3) is 0.174. The number of H-pyrrole nitrogens is 1. The number of anilines is 1. The topological polar surface area (TPSA) is 72.2 Å². The summed E-state index contributed by atoms with van der Waals surface area (Å²) in [6.45, 7) is 2.01. The molecule has 4 N–H and O–H groups in total. The second-order valence-electron chi connectivity index (χ2n) is 7.43. The van der Waals surface area contributed by atoms with Crippen LogP contribution in [0.2, 0.25) is 0 Å². The molecular weight excluding hydrogens is 426 g/mol. The number of aromatic amines is 1. The van der Waals surface area contributed by atoms with Crippen LogP contribution in [0, 0.1) is 0 Å². The molecule has 0 spiro atoms. The molecule has 3 aromatic rings. The van der Waals surface area contributed by atoms with E-state index in [1.54, 1.807) is 24.3 Å². The summed E-state index contributed by atoms with van der Waals surface area (Å²) in [5.41, 5.74) is 5.02. The molecule has 31 heavy (non-hydrogen) atoms. The van der Waals surface area contributed by atoms with Gasteiger partial charge in [0.15, 0.2) is 10.2 Å². The average Bonchev–Trinajstić information content (AvgIpc) is 3.18. The van der Waals surface area contributed by atoms with E-state index in [2.05, 4.69) is 51.2 Å². The van der Waals surface area contributed by atoms with Gasteiger partial charge in [-0.2, -0.15) is 0 Å². The molecule has 1 aromatic heterocycles. The first-order chi connectivity index (χ1) is 15.0. The molecule has 4 rings (SSSR count). The molecule has 1 amide bonds. The summed E-state index contributed by atoms with van der Waals surface area (Å²) in [6, 6.07) is 14.9. The van der Waals surface area contributed by atoms with Crippen molar-refractivity contribution >= 4 is 62.7 Å². The first kappa shape index (κ1) is 21.2. The number of carbonyl (C=O) groups is 1. The largest absolute Gasteiger partial charge is 0.361 e. The van der Waals surface area contributed by atoms with Crippen molar-refractivity contribution in [3.05, 3.63) is 71.9 Å². The van der Waals surface area contributed by atoms with Crippen molar-refractivity contribution in [1.29, 1.82) is 0 Å². The van der Waals surface area contributed by atoms with Crippen LogP contribution in [0.25, 0.3) is 16.5 Å². The first-order valence-electron chi connectivity index (χ1n) is 9.97. The number of likely N-dealkylation sites (N-methyl/N-ethyl adjacent to an activating group) is 1. The van der Waals surface area contributed by atoms with E-state index in [1.165, 1.54) is 11.1 Å². The van der Waals surface area contributed by atoms with Crippen LogP contribution in [0.5, 0.6) is 0 Å². The number of carbonyl (C=O) groups excluding carboxylic acids is 1. The monoisotopic (exact) mass is 449 g/mol. The number of nitrogens with zero attached hydrogens (tertiary/aromatic N) is 1. The van der Waals surface area contributed by atoms with Gasteiger partial charge in [0, 0.05) is 47.0 Å². The van der Waals surface area contributed by atoms with Crippen LogP contribution >= 0.6 is 24.4 Å². The maximum absolute atomic E-state index is 12.2. The van der Waals surface area contributed by atoms with Crippen molar-refractivity contribution in [2.24, 2.45) is 0 Å². The van der Waals surface area contributed by atoms with Crippen molar-refractivity contribution < 1.29 is 4.79 Å². The summed E-state index contributed by atoms with van der Waals surface area (Å²) >= 11 is 10.6. The Labute approximate surface area is 191 Å². The zero-order valence-electron chi connectivity index (χ0n) is 17.1. The minimum atomic E-state index is -0.286. The highest BCUT2D eigenvalue weighted by Gasteiger charge is 2.14. The van der Waals surface area contributed by atoms with Crippen molar-refractivity contribution in [2.75, 3.05) is 25.5 Å². The van der Waals surface area contributed by atoms with Gasteiger partial charge < -0.3 is 20.5 Å². The molecule has 0 radical (unpaired) electrons. The number of benzene rings is 2. The van der Waals surface area contributed by atoms with Crippen LogP contribution in [0.3, 0.4) is 0 Å². The highest BCUT2D eigenvalue weighted by molar-refractivity contribution is 7.82. The van der Waals surface area contributed by atoms with Gasteiger partial charge in [0.1, 0.15) is 0 Å². The lowest BCUT2D eigenvalue weighted by atomic mass is 9.99.